The zero-order chi connectivity index (χ0) is 56.3. The van der Waals surface area contributed by atoms with E-state index < -0.39 is 0 Å². The van der Waals surface area contributed by atoms with Crippen molar-refractivity contribution in [1.82, 2.24) is 16.0 Å². The molecule has 4 amide bonds. The second kappa shape index (κ2) is 65.2. The Hall–Kier alpha value is -5.86. The third kappa shape index (κ3) is 105. The molecule has 14 heteroatoms. The summed E-state index contributed by atoms with van der Waals surface area (Å²) in [6, 6.07) is 28.9. The van der Waals surface area contributed by atoms with Gasteiger partial charge < -0.3 is 35.5 Å². The standard InChI is InChI=1S/C8H9NO.C8H8O.C8H18O.C7H8.C5H10N2O2.C5H8O2.C4H10O.C3H7NO.C3H6O.C3H8.C2H6/c1-7(10)9-8-5-3-2-4-6-8;1-7(9)8-5-3-2-4-6-8;1-5-8(4)9-6-7(2)3;1-7-5-3-2-4-6-7;1-4(8)6-3-7-5(2)9;1-4(6)3-5(2)7;1-3-5-4-2;1-3(5)4-2;1-3(2)4;1-3-2;1-2/h2-6H,1H3,(H,9,10);2-6H,1H3;7-8H,5-6H2,1-4H3;2-6H,1H3;3H2,1-2H3,(H,6,8)(H,7,9);3H2,1-2H3;3-4H2,1-2H3;1-2H3,(H,4,5);1-2H3;3H2,1-2H3;1-2H3. The van der Waals surface area contributed by atoms with E-state index in [1.165, 1.54) is 67.4 Å². The fraction of sp³-hybridized carbons (Fsp3) is 0.536. The zero-order valence-corrected chi connectivity index (χ0v) is 47.3. The van der Waals surface area contributed by atoms with Crippen LogP contribution in [0, 0.1) is 12.8 Å². The molecule has 0 heterocycles. The van der Waals surface area contributed by atoms with Crippen LogP contribution in [0.25, 0.3) is 0 Å². The predicted molar refractivity (Wildman–Crippen MR) is 293 cm³/mol. The first-order valence-electron chi connectivity index (χ1n) is 24.0. The largest absolute Gasteiger partial charge is 0.382 e. The number of carbonyl (C=O) groups excluding carboxylic acids is 8. The van der Waals surface area contributed by atoms with E-state index in [-0.39, 0.29) is 59.9 Å². The molecule has 0 bridgehead atoms. The lowest BCUT2D eigenvalue weighted by atomic mass is 10.2. The van der Waals surface area contributed by atoms with Gasteiger partial charge in [0.25, 0.3) is 0 Å². The van der Waals surface area contributed by atoms with Crippen LogP contribution in [0.1, 0.15) is 167 Å². The summed E-state index contributed by atoms with van der Waals surface area (Å²) in [5.74, 6) is 0.498. The average molecular weight is 987 g/mol. The van der Waals surface area contributed by atoms with Crippen LogP contribution in [0.5, 0.6) is 0 Å². The zero-order valence-electron chi connectivity index (χ0n) is 47.3. The fourth-order valence-electron chi connectivity index (χ4n) is 3.25. The molecule has 0 fully saturated rings. The van der Waals surface area contributed by atoms with Crippen molar-refractivity contribution in [2.75, 3.05) is 38.9 Å². The number of carbonyl (C=O) groups is 8. The van der Waals surface area contributed by atoms with Crippen LogP contribution in [0.15, 0.2) is 91.0 Å². The van der Waals surface area contributed by atoms with Gasteiger partial charge in [0.05, 0.1) is 19.2 Å². The minimum atomic E-state index is -0.149. The minimum Gasteiger partial charge on any atom is -0.382 e. The molecule has 14 nitrogen and oxygen atoms in total. The maximum Gasteiger partial charge on any atom is 0.221 e. The van der Waals surface area contributed by atoms with Crippen molar-refractivity contribution in [3.05, 3.63) is 102 Å². The quantitative estimate of drug-likeness (QED) is 0.0768. The third-order valence-corrected chi connectivity index (χ3v) is 6.44. The van der Waals surface area contributed by atoms with Gasteiger partial charge in [0.15, 0.2) is 5.78 Å². The summed E-state index contributed by atoms with van der Waals surface area (Å²) in [5, 5.41) is 9.87. The van der Waals surface area contributed by atoms with Gasteiger partial charge in [0.2, 0.25) is 23.6 Å². The Morgan fingerprint density at radius 1 is 0.543 bits per heavy atom. The van der Waals surface area contributed by atoms with Crippen molar-refractivity contribution < 1.29 is 47.8 Å². The first-order valence-corrected chi connectivity index (χ1v) is 24.0. The number of nitrogens with one attached hydrogen (secondary N) is 4. The van der Waals surface area contributed by atoms with E-state index in [0.29, 0.717) is 12.0 Å². The van der Waals surface area contributed by atoms with Gasteiger partial charge in [0, 0.05) is 65.8 Å². The Morgan fingerprint density at radius 3 is 1.07 bits per heavy atom. The molecule has 3 aromatic rings. The number of para-hydroxylation sites is 1. The molecule has 1 unspecified atom stereocenters. The van der Waals surface area contributed by atoms with Crippen LogP contribution in [-0.4, -0.2) is 86.4 Å². The van der Waals surface area contributed by atoms with Crippen molar-refractivity contribution in [2.45, 2.75) is 164 Å². The maximum atomic E-state index is 10.6. The highest BCUT2D eigenvalue weighted by atomic mass is 16.5. The monoisotopic (exact) mass is 987 g/mol. The average Bonchev–Trinajstić information content (AvgIpc) is 3.28. The van der Waals surface area contributed by atoms with E-state index in [2.05, 4.69) is 81.9 Å². The SMILES string of the molecule is CC.CC(=O)CC(C)=O.CC(=O)NCNC(C)=O.CC(=O)Nc1ccccc1.CC(=O)c1ccccc1.CC(C)=O.CCC.CCC(C)OCC(C)C.CCOCC.CNC(C)=O.Cc1ccccc1. The third-order valence-electron chi connectivity index (χ3n) is 6.44. The molecule has 3 rings (SSSR count). The molecule has 0 aromatic heterocycles. The Balaban J connectivity index is -0.000000103. The minimum absolute atomic E-state index is 0.00463. The number of benzene rings is 3. The fourth-order valence-corrected chi connectivity index (χ4v) is 3.25. The Kier molecular flexibility index (Phi) is 75.6. The number of hydrogen-bond acceptors (Lipinski definition) is 10. The highest BCUT2D eigenvalue weighted by Gasteiger charge is 1.99. The second-order valence-corrected chi connectivity index (χ2v) is 15.0. The van der Waals surface area contributed by atoms with E-state index in [9.17, 15) is 38.4 Å². The summed E-state index contributed by atoms with van der Waals surface area (Å²) in [4.78, 5) is 80.7. The molecule has 0 radical (unpaired) electrons. The van der Waals surface area contributed by atoms with Crippen LogP contribution >= 0.6 is 0 Å². The van der Waals surface area contributed by atoms with E-state index in [1.807, 2.05) is 107 Å². The second-order valence-electron chi connectivity index (χ2n) is 15.0. The van der Waals surface area contributed by atoms with Gasteiger partial charge in [-0.05, 0) is 86.8 Å². The Bertz CT molecular complexity index is 1620. The summed E-state index contributed by atoms with van der Waals surface area (Å²) in [6.45, 7) is 38.9. The predicted octanol–water partition coefficient (Wildman–Crippen LogP) is 11.6. The summed E-state index contributed by atoms with van der Waals surface area (Å²) in [6.07, 6.45) is 2.89. The molecule has 0 aliphatic carbocycles. The van der Waals surface area contributed by atoms with Gasteiger partial charge in [-0.3, -0.25) is 33.6 Å². The number of rotatable bonds is 12. The molecule has 3 aromatic carbocycles. The number of anilines is 1. The van der Waals surface area contributed by atoms with Crippen LogP contribution < -0.4 is 21.3 Å². The Labute approximate surface area is 425 Å². The van der Waals surface area contributed by atoms with Crippen LogP contribution in [0.4, 0.5) is 5.69 Å². The number of amides is 4. The molecule has 0 saturated heterocycles. The van der Waals surface area contributed by atoms with Gasteiger partial charge in [-0.2, -0.15) is 0 Å². The normalized spacial score (nSPS) is 8.83. The lowest BCUT2D eigenvalue weighted by molar-refractivity contribution is -0.125. The van der Waals surface area contributed by atoms with Gasteiger partial charge in [-0.1, -0.05) is 139 Å². The number of aryl methyl sites for hydroxylation is 1. The lowest BCUT2D eigenvalue weighted by Crippen LogP contribution is -2.34. The van der Waals surface area contributed by atoms with E-state index >= 15 is 0 Å². The lowest BCUT2D eigenvalue weighted by Gasteiger charge is -2.11. The highest BCUT2D eigenvalue weighted by molar-refractivity contribution is 5.96. The molecule has 4 N–H and O–H groups in total. The van der Waals surface area contributed by atoms with Gasteiger partial charge in [-0.25, -0.2) is 0 Å². The molecular weight excluding hydrogens is 889 g/mol. The van der Waals surface area contributed by atoms with Crippen molar-refractivity contribution in [3.8, 4) is 0 Å². The smallest absolute Gasteiger partial charge is 0.221 e. The molecule has 70 heavy (non-hydrogen) atoms. The molecular formula is C56H98N4O10. The van der Waals surface area contributed by atoms with Crippen molar-refractivity contribution in [2.24, 2.45) is 5.92 Å². The van der Waals surface area contributed by atoms with Gasteiger partial charge in [0.1, 0.15) is 17.3 Å². The summed E-state index contributed by atoms with van der Waals surface area (Å²) in [7, 11) is 1.60. The molecule has 402 valence electrons. The number of hydrogen-bond donors (Lipinski definition) is 4. The summed E-state index contributed by atoms with van der Waals surface area (Å²) >= 11 is 0. The Morgan fingerprint density at radius 2 is 0.886 bits per heavy atom. The van der Waals surface area contributed by atoms with E-state index in [0.717, 1.165) is 37.5 Å². The highest BCUT2D eigenvalue weighted by Crippen LogP contribution is 2.04. The molecule has 1 atom stereocenters. The van der Waals surface area contributed by atoms with Crippen molar-refractivity contribution >= 4 is 52.4 Å². The van der Waals surface area contributed by atoms with E-state index in [4.69, 9.17) is 9.47 Å². The van der Waals surface area contributed by atoms with Gasteiger partial charge in [-0.15, -0.1) is 0 Å². The van der Waals surface area contributed by atoms with Gasteiger partial charge >= 0.3 is 0 Å². The first-order chi connectivity index (χ1) is 32.7. The van der Waals surface area contributed by atoms with Crippen LogP contribution in [0.2, 0.25) is 0 Å². The first kappa shape index (κ1) is 81.1. The molecule has 0 spiro atoms. The van der Waals surface area contributed by atoms with Crippen LogP contribution in [-0.2, 0) is 43.0 Å². The maximum absolute atomic E-state index is 10.6. The number of ether oxygens (including phenoxy) is 2. The van der Waals surface area contributed by atoms with Crippen LogP contribution in [0.3, 0.4) is 0 Å². The molecule has 0 aliphatic heterocycles. The molecule has 0 aliphatic rings. The topological polar surface area (TPSA) is 203 Å². The van der Waals surface area contributed by atoms with Crippen molar-refractivity contribution in [3.63, 3.8) is 0 Å². The summed E-state index contributed by atoms with van der Waals surface area (Å²) in [5.41, 5.74) is 2.94. The molecule has 0 saturated carbocycles. The number of ketones is 4. The van der Waals surface area contributed by atoms with Crippen molar-refractivity contribution in [1.29, 1.82) is 0 Å². The van der Waals surface area contributed by atoms with E-state index in [1.54, 1.807) is 14.0 Å². The number of Topliss-reactive ketones (excluding diaryl/α,β-unsaturated/α-hetero) is 4. The summed E-state index contributed by atoms with van der Waals surface area (Å²) < 4.78 is 10.3.